The molecule has 0 aliphatic heterocycles. The molecule has 0 radical (unpaired) electrons. The third kappa shape index (κ3) is 2.74. The SMILES string of the molecule is CC1CCCC(C(C)(O)c2ccccc2Br)C1. The minimum atomic E-state index is -0.714. The van der Waals surface area contributed by atoms with Gasteiger partial charge in [-0.25, -0.2) is 0 Å². The van der Waals surface area contributed by atoms with E-state index >= 15 is 0 Å². The van der Waals surface area contributed by atoms with E-state index in [9.17, 15) is 5.11 Å². The fourth-order valence-corrected chi connectivity index (χ4v) is 3.72. The molecule has 1 N–H and O–H groups in total. The zero-order valence-corrected chi connectivity index (χ0v) is 12.2. The number of benzene rings is 1. The average molecular weight is 297 g/mol. The smallest absolute Gasteiger partial charge is 0.0907 e. The van der Waals surface area contributed by atoms with Crippen LogP contribution in [0.1, 0.15) is 45.1 Å². The Morgan fingerprint density at radius 2 is 2.00 bits per heavy atom. The third-order valence-electron chi connectivity index (χ3n) is 4.15. The first-order valence-corrected chi connectivity index (χ1v) is 7.28. The van der Waals surface area contributed by atoms with E-state index in [1.807, 2.05) is 31.2 Å². The van der Waals surface area contributed by atoms with Gasteiger partial charge in [0.2, 0.25) is 0 Å². The van der Waals surface area contributed by atoms with Gasteiger partial charge in [-0.05, 0) is 43.2 Å². The molecule has 0 heterocycles. The van der Waals surface area contributed by atoms with Crippen LogP contribution in [0.5, 0.6) is 0 Å². The van der Waals surface area contributed by atoms with Gasteiger partial charge in [-0.1, -0.05) is 53.9 Å². The summed E-state index contributed by atoms with van der Waals surface area (Å²) in [6.07, 6.45) is 4.82. The molecule has 3 unspecified atom stereocenters. The lowest BCUT2D eigenvalue weighted by Gasteiger charge is -2.38. The van der Waals surface area contributed by atoms with Crippen LogP contribution in [0.3, 0.4) is 0 Å². The molecule has 0 spiro atoms. The van der Waals surface area contributed by atoms with Crippen LogP contribution in [0.4, 0.5) is 0 Å². The summed E-state index contributed by atoms with van der Waals surface area (Å²) >= 11 is 3.55. The molecule has 3 atom stereocenters. The number of hydrogen-bond acceptors (Lipinski definition) is 1. The number of rotatable bonds is 2. The summed E-state index contributed by atoms with van der Waals surface area (Å²) < 4.78 is 1.02. The van der Waals surface area contributed by atoms with Crippen molar-refractivity contribution < 1.29 is 5.11 Å². The highest BCUT2D eigenvalue weighted by Gasteiger charge is 2.37. The summed E-state index contributed by atoms with van der Waals surface area (Å²) in [5.74, 6) is 1.12. The topological polar surface area (TPSA) is 20.2 Å². The van der Waals surface area contributed by atoms with Gasteiger partial charge >= 0.3 is 0 Å². The summed E-state index contributed by atoms with van der Waals surface area (Å²) in [6, 6.07) is 8.04. The molecule has 1 aliphatic carbocycles. The molecule has 0 bridgehead atoms. The molecule has 2 rings (SSSR count). The van der Waals surface area contributed by atoms with Crippen molar-refractivity contribution in [2.45, 2.75) is 45.1 Å². The van der Waals surface area contributed by atoms with Crippen LogP contribution in [0, 0.1) is 11.8 Å². The second-order valence-electron chi connectivity index (χ2n) is 5.60. The highest BCUT2D eigenvalue weighted by molar-refractivity contribution is 9.10. The summed E-state index contributed by atoms with van der Waals surface area (Å²) in [4.78, 5) is 0. The van der Waals surface area contributed by atoms with Gasteiger partial charge in [0.15, 0.2) is 0 Å². The largest absolute Gasteiger partial charge is 0.385 e. The van der Waals surface area contributed by atoms with Crippen LogP contribution in [-0.2, 0) is 5.60 Å². The van der Waals surface area contributed by atoms with E-state index in [4.69, 9.17) is 0 Å². The van der Waals surface area contributed by atoms with Crippen LogP contribution in [0.2, 0.25) is 0 Å². The predicted octanol–water partition coefficient (Wildman–Crippen LogP) is 4.48. The van der Waals surface area contributed by atoms with Crippen molar-refractivity contribution in [1.82, 2.24) is 0 Å². The molecule has 0 amide bonds. The first-order valence-electron chi connectivity index (χ1n) is 6.49. The molecule has 0 saturated heterocycles. The van der Waals surface area contributed by atoms with Crippen molar-refractivity contribution in [3.63, 3.8) is 0 Å². The Labute approximate surface area is 112 Å². The van der Waals surface area contributed by atoms with Crippen molar-refractivity contribution >= 4 is 15.9 Å². The van der Waals surface area contributed by atoms with Crippen molar-refractivity contribution in [2.24, 2.45) is 11.8 Å². The lowest BCUT2D eigenvalue weighted by Crippen LogP contribution is -2.35. The lowest BCUT2D eigenvalue weighted by atomic mass is 9.71. The Morgan fingerprint density at radius 1 is 1.29 bits per heavy atom. The fraction of sp³-hybridized carbons (Fsp3) is 0.600. The number of hydrogen-bond donors (Lipinski definition) is 1. The van der Waals surface area contributed by atoms with E-state index in [0.717, 1.165) is 28.8 Å². The van der Waals surface area contributed by atoms with Gasteiger partial charge < -0.3 is 5.11 Å². The van der Waals surface area contributed by atoms with Crippen LogP contribution in [0.25, 0.3) is 0 Å². The number of aliphatic hydroxyl groups is 1. The molecule has 0 aromatic heterocycles. The van der Waals surface area contributed by atoms with Crippen LogP contribution < -0.4 is 0 Å². The molecular weight excluding hydrogens is 276 g/mol. The monoisotopic (exact) mass is 296 g/mol. The maximum absolute atomic E-state index is 10.9. The normalized spacial score (nSPS) is 28.7. The van der Waals surface area contributed by atoms with Gasteiger partial charge in [-0.15, -0.1) is 0 Å². The van der Waals surface area contributed by atoms with Crippen molar-refractivity contribution in [1.29, 1.82) is 0 Å². The van der Waals surface area contributed by atoms with Gasteiger partial charge in [0, 0.05) is 4.47 Å². The van der Waals surface area contributed by atoms with E-state index in [-0.39, 0.29) is 0 Å². The quantitative estimate of drug-likeness (QED) is 0.853. The van der Waals surface area contributed by atoms with Gasteiger partial charge in [-0.3, -0.25) is 0 Å². The second kappa shape index (κ2) is 5.11. The molecule has 17 heavy (non-hydrogen) atoms. The zero-order valence-electron chi connectivity index (χ0n) is 10.6. The molecule has 1 aromatic carbocycles. The minimum Gasteiger partial charge on any atom is -0.385 e. The van der Waals surface area contributed by atoms with E-state index in [0.29, 0.717) is 5.92 Å². The molecule has 1 nitrogen and oxygen atoms in total. The van der Waals surface area contributed by atoms with Gasteiger partial charge in [0.1, 0.15) is 0 Å². The summed E-state index contributed by atoms with van der Waals surface area (Å²) in [6.45, 7) is 4.26. The second-order valence-corrected chi connectivity index (χ2v) is 6.45. The highest BCUT2D eigenvalue weighted by atomic mass is 79.9. The van der Waals surface area contributed by atoms with Crippen molar-refractivity contribution in [2.75, 3.05) is 0 Å². The van der Waals surface area contributed by atoms with E-state index in [2.05, 4.69) is 22.9 Å². The molecule has 1 aliphatic rings. The van der Waals surface area contributed by atoms with E-state index in [1.54, 1.807) is 0 Å². The molecule has 1 saturated carbocycles. The Balaban J connectivity index is 2.26. The van der Waals surface area contributed by atoms with Crippen LogP contribution in [-0.4, -0.2) is 5.11 Å². The van der Waals surface area contributed by atoms with Gasteiger partial charge in [-0.2, -0.15) is 0 Å². The minimum absolute atomic E-state index is 0.380. The highest BCUT2D eigenvalue weighted by Crippen LogP contribution is 2.42. The summed E-state index contributed by atoms with van der Waals surface area (Å²) in [5.41, 5.74) is 0.313. The maximum atomic E-state index is 10.9. The first-order chi connectivity index (χ1) is 8.01. The summed E-state index contributed by atoms with van der Waals surface area (Å²) in [5, 5.41) is 10.9. The van der Waals surface area contributed by atoms with Crippen LogP contribution >= 0.6 is 15.9 Å². The summed E-state index contributed by atoms with van der Waals surface area (Å²) in [7, 11) is 0. The number of halogens is 1. The van der Waals surface area contributed by atoms with Gasteiger partial charge in [0.05, 0.1) is 5.60 Å². The Morgan fingerprint density at radius 3 is 2.65 bits per heavy atom. The average Bonchev–Trinajstić information content (AvgIpc) is 2.29. The maximum Gasteiger partial charge on any atom is 0.0907 e. The van der Waals surface area contributed by atoms with Gasteiger partial charge in [0.25, 0.3) is 0 Å². The Bertz CT molecular complexity index is 386. The first kappa shape index (κ1) is 13.1. The molecule has 2 heteroatoms. The van der Waals surface area contributed by atoms with Crippen molar-refractivity contribution in [3.05, 3.63) is 34.3 Å². The molecule has 94 valence electrons. The van der Waals surface area contributed by atoms with Crippen LogP contribution in [0.15, 0.2) is 28.7 Å². The predicted molar refractivity (Wildman–Crippen MR) is 74.8 cm³/mol. The Hall–Kier alpha value is -0.340. The Kier molecular flexibility index (Phi) is 3.94. The molecular formula is C15H21BrO. The standard InChI is InChI=1S/C15H21BrO/c1-11-6-5-7-12(10-11)15(2,17)13-8-3-4-9-14(13)16/h3-4,8-9,11-12,17H,5-7,10H2,1-2H3. The lowest BCUT2D eigenvalue weighted by molar-refractivity contribution is -0.0299. The zero-order chi connectivity index (χ0) is 12.5. The van der Waals surface area contributed by atoms with Crippen molar-refractivity contribution in [3.8, 4) is 0 Å². The van der Waals surface area contributed by atoms with E-state index in [1.165, 1.54) is 12.8 Å². The molecule has 1 aromatic rings. The fourth-order valence-electron chi connectivity index (χ4n) is 3.04. The van der Waals surface area contributed by atoms with E-state index < -0.39 is 5.60 Å². The third-order valence-corrected chi connectivity index (χ3v) is 4.84. The molecule has 1 fully saturated rings.